The average molecular weight is 551 g/mol. The minimum Gasteiger partial charge on any atom is -0.491 e. The van der Waals surface area contributed by atoms with Gasteiger partial charge in [0.05, 0.1) is 24.9 Å². The van der Waals surface area contributed by atoms with Crippen molar-refractivity contribution in [1.82, 2.24) is 9.88 Å². The SMILES string of the molecule is COC(=O)c1ccc(CC(C)(C)NC(=O)c2ccc3c(C4CCCCC4)c4n(c3c2)CCOc2ccccc2-4)cc1. The predicted octanol–water partition coefficient (Wildman–Crippen LogP) is 7.29. The maximum absolute atomic E-state index is 13.6. The molecular formula is C35H38N2O4. The van der Waals surface area contributed by atoms with Gasteiger partial charge >= 0.3 is 5.97 Å². The lowest BCUT2D eigenvalue weighted by Crippen LogP contribution is -2.45. The van der Waals surface area contributed by atoms with Crippen LogP contribution >= 0.6 is 0 Å². The van der Waals surface area contributed by atoms with Crippen LogP contribution in [0.5, 0.6) is 5.75 Å². The van der Waals surface area contributed by atoms with Crippen LogP contribution in [0.15, 0.2) is 66.7 Å². The van der Waals surface area contributed by atoms with E-state index in [1.165, 1.54) is 55.9 Å². The van der Waals surface area contributed by atoms with Crippen molar-refractivity contribution >= 4 is 22.8 Å². The number of rotatable bonds is 6. The smallest absolute Gasteiger partial charge is 0.337 e. The third-order valence-corrected chi connectivity index (χ3v) is 8.57. The first-order chi connectivity index (χ1) is 19.8. The highest BCUT2D eigenvalue weighted by Crippen LogP contribution is 2.47. The van der Waals surface area contributed by atoms with E-state index in [1.807, 2.05) is 38.1 Å². The molecule has 0 bridgehead atoms. The van der Waals surface area contributed by atoms with Gasteiger partial charge in [0.15, 0.2) is 0 Å². The fourth-order valence-electron chi connectivity index (χ4n) is 6.69. The van der Waals surface area contributed by atoms with Crippen LogP contribution in [0.2, 0.25) is 0 Å². The highest BCUT2D eigenvalue weighted by Gasteiger charge is 2.30. The highest BCUT2D eigenvalue weighted by atomic mass is 16.5. The van der Waals surface area contributed by atoms with Gasteiger partial charge in [-0.25, -0.2) is 4.79 Å². The van der Waals surface area contributed by atoms with Crippen LogP contribution in [0.1, 0.15) is 83.7 Å². The minimum absolute atomic E-state index is 0.0943. The summed E-state index contributed by atoms with van der Waals surface area (Å²) in [6.45, 7) is 5.38. The van der Waals surface area contributed by atoms with Crippen LogP contribution in [0, 0.1) is 0 Å². The summed E-state index contributed by atoms with van der Waals surface area (Å²) in [6.07, 6.45) is 6.85. The number of hydrogen-bond donors (Lipinski definition) is 1. The fraction of sp³-hybridized carbons (Fsp3) is 0.371. The van der Waals surface area contributed by atoms with Crippen molar-refractivity contribution in [2.24, 2.45) is 0 Å². The number of nitrogens with zero attached hydrogens (tertiary/aromatic N) is 1. The van der Waals surface area contributed by atoms with E-state index in [0.29, 0.717) is 30.1 Å². The molecule has 1 fully saturated rings. The highest BCUT2D eigenvalue weighted by molar-refractivity contribution is 6.01. The number of ether oxygens (including phenoxy) is 2. The van der Waals surface area contributed by atoms with Crippen LogP contribution in [0.4, 0.5) is 0 Å². The second-order valence-electron chi connectivity index (χ2n) is 12.0. The van der Waals surface area contributed by atoms with Gasteiger partial charge < -0.3 is 19.4 Å². The monoisotopic (exact) mass is 550 g/mol. The second-order valence-corrected chi connectivity index (χ2v) is 12.0. The van der Waals surface area contributed by atoms with Crippen molar-refractivity contribution in [2.75, 3.05) is 13.7 Å². The Labute approximate surface area is 241 Å². The first-order valence-electron chi connectivity index (χ1n) is 14.7. The van der Waals surface area contributed by atoms with Gasteiger partial charge in [0, 0.05) is 27.6 Å². The van der Waals surface area contributed by atoms with E-state index in [0.717, 1.165) is 28.9 Å². The predicted molar refractivity (Wildman–Crippen MR) is 162 cm³/mol. The van der Waals surface area contributed by atoms with Gasteiger partial charge in [0.1, 0.15) is 12.4 Å². The van der Waals surface area contributed by atoms with Crippen LogP contribution < -0.4 is 10.1 Å². The Bertz CT molecular complexity index is 1590. The summed E-state index contributed by atoms with van der Waals surface area (Å²) < 4.78 is 13.4. The van der Waals surface area contributed by atoms with Gasteiger partial charge in [0.25, 0.3) is 5.91 Å². The third kappa shape index (κ3) is 5.35. The number of hydrogen-bond acceptors (Lipinski definition) is 4. The molecule has 1 amide bonds. The Morgan fingerprint density at radius 2 is 1.71 bits per heavy atom. The maximum Gasteiger partial charge on any atom is 0.337 e. The molecule has 1 aliphatic carbocycles. The Morgan fingerprint density at radius 3 is 2.46 bits per heavy atom. The van der Waals surface area contributed by atoms with Crippen molar-refractivity contribution in [1.29, 1.82) is 0 Å². The standard InChI is InChI=1S/C35H38N2O4/c1-35(2,22-23-13-15-25(16-14-23)34(39)40-3)36-33(38)26-17-18-27-29(21-26)37-19-20-41-30-12-8-7-11-28(30)32(37)31(27)24-9-5-4-6-10-24/h7-8,11-18,21,24H,4-6,9-10,19-20,22H2,1-3H3,(H,36,38). The number of benzene rings is 3. The van der Waals surface area contributed by atoms with Crippen molar-refractivity contribution in [3.63, 3.8) is 0 Å². The second kappa shape index (κ2) is 11.1. The summed E-state index contributed by atoms with van der Waals surface area (Å²) >= 11 is 0. The summed E-state index contributed by atoms with van der Waals surface area (Å²) in [7, 11) is 1.38. The van der Waals surface area contributed by atoms with E-state index < -0.39 is 5.54 Å². The zero-order valence-corrected chi connectivity index (χ0v) is 24.2. The average Bonchev–Trinajstić information content (AvgIpc) is 3.18. The van der Waals surface area contributed by atoms with Gasteiger partial charge in [-0.1, -0.05) is 49.6 Å². The largest absolute Gasteiger partial charge is 0.491 e. The number of fused-ring (bicyclic) bond motifs is 5. The third-order valence-electron chi connectivity index (χ3n) is 8.57. The Hall–Kier alpha value is -4.06. The van der Waals surface area contributed by atoms with E-state index in [4.69, 9.17) is 9.47 Å². The summed E-state index contributed by atoms with van der Waals surface area (Å²) in [5, 5.41) is 4.50. The molecule has 0 unspecified atom stereocenters. The molecule has 1 aromatic heterocycles. The molecule has 0 saturated heterocycles. The van der Waals surface area contributed by atoms with Gasteiger partial charge in [0.2, 0.25) is 0 Å². The van der Waals surface area contributed by atoms with Crippen LogP contribution in [-0.2, 0) is 17.7 Å². The number of esters is 1. The van der Waals surface area contributed by atoms with Crippen molar-refractivity contribution in [3.05, 3.63) is 89.0 Å². The zero-order chi connectivity index (χ0) is 28.6. The number of carbonyl (C=O) groups is 2. The fourth-order valence-corrected chi connectivity index (χ4v) is 6.69. The molecule has 1 saturated carbocycles. The Morgan fingerprint density at radius 1 is 0.976 bits per heavy atom. The summed E-state index contributed by atoms with van der Waals surface area (Å²) in [4.78, 5) is 25.4. The number of amides is 1. The molecule has 212 valence electrons. The van der Waals surface area contributed by atoms with Gasteiger partial charge in [-0.05, 0) is 86.6 Å². The molecule has 41 heavy (non-hydrogen) atoms. The van der Waals surface area contributed by atoms with Crippen LogP contribution in [-0.4, -0.2) is 35.7 Å². The van der Waals surface area contributed by atoms with Crippen molar-refractivity contribution in [2.45, 2.75) is 70.4 Å². The Kier molecular flexibility index (Phi) is 7.33. The molecular weight excluding hydrogens is 512 g/mol. The first kappa shape index (κ1) is 27.1. The normalized spacial score (nSPS) is 15.4. The van der Waals surface area contributed by atoms with E-state index in [9.17, 15) is 9.59 Å². The molecule has 0 spiro atoms. The molecule has 6 nitrogen and oxygen atoms in total. The molecule has 3 aromatic carbocycles. The van der Waals surface area contributed by atoms with Crippen molar-refractivity contribution < 1.29 is 19.1 Å². The number of aromatic nitrogens is 1. The van der Waals surface area contributed by atoms with Crippen molar-refractivity contribution in [3.8, 4) is 17.0 Å². The molecule has 1 N–H and O–H groups in total. The molecule has 2 heterocycles. The lowest BCUT2D eigenvalue weighted by atomic mass is 9.81. The quantitative estimate of drug-likeness (QED) is 0.256. The molecule has 6 rings (SSSR count). The van der Waals surface area contributed by atoms with E-state index in [-0.39, 0.29) is 11.9 Å². The van der Waals surface area contributed by atoms with Crippen LogP contribution in [0.3, 0.4) is 0 Å². The molecule has 6 heteroatoms. The zero-order valence-electron chi connectivity index (χ0n) is 24.2. The van der Waals surface area contributed by atoms with E-state index in [2.05, 4.69) is 40.2 Å². The number of carbonyl (C=O) groups excluding carboxylic acids is 2. The van der Waals surface area contributed by atoms with Crippen LogP contribution in [0.25, 0.3) is 22.2 Å². The lowest BCUT2D eigenvalue weighted by Gasteiger charge is -2.26. The summed E-state index contributed by atoms with van der Waals surface area (Å²) in [5.74, 6) is 0.996. The molecule has 0 radical (unpaired) electrons. The topological polar surface area (TPSA) is 69.6 Å². The minimum atomic E-state index is -0.491. The molecule has 0 atom stereocenters. The molecule has 4 aromatic rings. The first-order valence-corrected chi connectivity index (χ1v) is 14.7. The molecule has 2 aliphatic rings. The molecule has 1 aliphatic heterocycles. The van der Waals surface area contributed by atoms with E-state index in [1.54, 1.807) is 12.1 Å². The Balaban J connectivity index is 1.33. The van der Waals surface area contributed by atoms with Gasteiger partial charge in [-0.15, -0.1) is 0 Å². The van der Waals surface area contributed by atoms with Gasteiger partial charge in [-0.3, -0.25) is 4.79 Å². The summed E-state index contributed by atoms with van der Waals surface area (Å²) in [6, 6.07) is 21.9. The number of methoxy groups -OCH3 is 1. The summed E-state index contributed by atoms with van der Waals surface area (Å²) in [5.41, 5.74) is 6.63. The van der Waals surface area contributed by atoms with Gasteiger partial charge in [-0.2, -0.15) is 0 Å². The lowest BCUT2D eigenvalue weighted by molar-refractivity contribution is 0.0600. The van der Waals surface area contributed by atoms with E-state index >= 15 is 0 Å². The maximum atomic E-state index is 13.6. The number of para-hydroxylation sites is 1. The number of nitrogens with one attached hydrogen (secondary N) is 1.